The van der Waals surface area contributed by atoms with Crippen molar-refractivity contribution in [1.82, 2.24) is 5.32 Å². The van der Waals surface area contributed by atoms with Crippen molar-refractivity contribution in [3.8, 4) is 0 Å². The first-order valence-corrected chi connectivity index (χ1v) is 6.99. The van der Waals surface area contributed by atoms with E-state index in [1.807, 2.05) is 13.2 Å². The van der Waals surface area contributed by atoms with Crippen LogP contribution in [0.15, 0.2) is 18.2 Å². The molecule has 0 bridgehead atoms. The topological polar surface area (TPSA) is 66.4 Å². The van der Waals surface area contributed by atoms with E-state index in [1.54, 1.807) is 30.8 Å². The number of hydrogen-bond donors (Lipinski definition) is 2. The number of hydrogen-bond acceptors (Lipinski definition) is 3. The Bertz CT molecular complexity index is 460. The summed E-state index contributed by atoms with van der Waals surface area (Å²) in [6.07, 6.45) is 1.96. The van der Waals surface area contributed by atoms with Crippen molar-refractivity contribution >= 4 is 23.6 Å². The molecule has 1 atom stereocenters. The SMILES string of the molecule is CSC[C@H](C)NC(=O)c1c(C)cccc1C(=O)O. The van der Waals surface area contributed by atoms with E-state index in [9.17, 15) is 9.59 Å². The van der Waals surface area contributed by atoms with Gasteiger partial charge in [-0.1, -0.05) is 12.1 Å². The number of carbonyl (C=O) groups is 2. The van der Waals surface area contributed by atoms with Crippen LogP contribution in [0, 0.1) is 6.92 Å². The Morgan fingerprint density at radius 2 is 2.11 bits per heavy atom. The zero-order valence-electron chi connectivity index (χ0n) is 10.7. The molecule has 1 amide bonds. The number of carbonyl (C=O) groups excluding carboxylic acids is 1. The molecule has 18 heavy (non-hydrogen) atoms. The van der Waals surface area contributed by atoms with Crippen LogP contribution in [0.1, 0.15) is 33.2 Å². The first-order valence-electron chi connectivity index (χ1n) is 5.60. The van der Waals surface area contributed by atoms with Gasteiger partial charge in [-0.05, 0) is 31.7 Å². The highest BCUT2D eigenvalue weighted by Crippen LogP contribution is 2.14. The smallest absolute Gasteiger partial charge is 0.336 e. The maximum absolute atomic E-state index is 12.1. The molecule has 0 spiro atoms. The Labute approximate surface area is 111 Å². The first-order chi connectivity index (χ1) is 8.47. The highest BCUT2D eigenvalue weighted by atomic mass is 32.2. The number of carboxylic acids is 1. The molecule has 1 aromatic rings. The second-order valence-corrected chi connectivity index (χ2v) is 5.04. The number of rotatable bonds is 5. The van der Waals surface area contributed by atoms with Crippen LogP contribution in [0.3, 0.4) is 0 Å². The summed E-state index contributed by atoms with van der Waals surface area (Å²) in [5, 5.41) is 11.9. The number of aryl methyl sites for hydroxylation is 1. The Balaban J connectivity index is 3.01. The molecule has 1 aromatic carbocycles. The fourth-order valence-electron chi connectivity index (χ4n) is 1.74. The molecule has 0 aromatic heterocycles. The highest BCUT2D eigenvalue weighted by Gasteiger charge is 2.19. The van der Waals surface area contributed by atoms with Gasteiger partial charge in [0.25, 0.3) is 5.91 Å². The fraction of sp³-hybridized carbons (Fsp3) is 0.385. The maximum Gasteiger partial charge on any atom is 0.336 e. The van der Waals surface area contributed by atoms with Crippen LogP contribution in [0.2, 0.25) is 0 Å². The molecule has 1 rings (SSSR count). The van der Waals surface area contributed by atoms with Crippen LogP contribution < -0.4 is 5.32 Å². The maximum atomic E-state index is 12.1. The standard InChI is InChI=1S/C13H17NO3S/c1-8-5-4-6-10(13(16)17)11(8)12(15)14-9(2)7-18-3/h4-6,9H,7H2,1-3H3,(H,14,15)(H,16,17)/t9-/m0/s1. The zero-order valence-corrected chi connectivity index (χ0v) is 11.5. The van der Waals surface area contributed by atoms with Gasteiger partial charge >= 0.3 is 5.97 Å². The first kappa shape index (κ1) is 14.6. The molecule has 98 valence electrons. The van der Waals surface area contributed by atoms with Crippen molar-refractivity contribution < 1.29 is 14.7 Å². The Hall–Kier alpha value is -1.49. The van der Waals surface area contributed by atoms with Gasteiger partial charge < -0.3 is 10.4 Å². The molecule has 5 heteroatoms. The minimum atomic E-state index is -1.08. The van der Waals surface area contributed by atoms with Crippen molar-refractivity contribution in [2.45, 2.75) is 19.9 Å². The average molecular weight is 267 g/mol. The third-order valence-electron chi connectivity index (χ3n) is 2.52. The van der Waals surface area contributed by atoms with E-state index in [1.165, 1.54) is 6.07 Å². The molecule has 2 N–H and O–H groups in total. The van der Waals surface area contributed by atoms with E-state index in [2.05, 4.69) is 5.32 Å². The number of aromatic carboxylic acids is 1. The van der Waals surface area contributed by atoms with Crippen molar-refractivity contribution in [1.29, 1.82) is 0 Å². The molecule has 0 aliphatic heterocycles. The number of carboxylic acid groups (broad SMARTS) is 1. The largest absolute Gasteiger partial charge is 0.478 e. The number of benzene rings is 1. The minimum absolute atomic E-state index is 0.00810. The van der Waals surface area contributed by atoms with Crippen LogP contribution in [0.5, 0.6) is 0 Å². The minimum Gasteiger partial charge on any atom is -0.478 e. The van der Waals surface area contributed by atoms with E-state index in [4.69, 9.17) is 5.11 Å². The van der Waals surface area contributed by atoms with Crippen molar-refractivity contribution in [3.05, 3.63) is 34.9 Å². The van der Waals surface area contributed by atoms with Gasteiger partial charge in [0.2, 0.25) is 0 Å². The molecule has 0 saturated heterocycles. The lowest BCUT2D eigenvalue weighted by molar-refractivity contribution is 0.0690. The summed E-state index contributed by atoms with van der Waals surface area (Å²) in [6, 6.07) is 4.83. The van der Waals surface area contributed by atoms with Crippen LogP contribution in [-0.2, 0) is 0 Å². The predicted octanol–water partition coefficient (Wildman–Crippen LogP) is 2.17. The van der Waals surface area contributed by atoms with Gasteiger partial charge in [-0.25, -0.2) is 4.79 Å². The van der Waals surface area contributed by atoms with E-state index < -0.39 is 5.97 Å². The monoisotopic (exact) mass is 267 g/mol. The van der Waals surface area contributed by atoms with Gasteiger partial charge in [0, 0.05) is 11.8 Å². The summed E-state index contributed by atoms with van der Waals surface area (Å²) in [5.74, 6) is -0.617. The number of nitrogens with one attached hydrogen (secondary N) is 1. The van der Waals surface area contributed by atoms with Crippen molar-refractivity contribution in [3.63, 3.8) is 0 Å². The Morgan fingerprint density at radius 3 is 2.67 bits per heavy atom. The normalized spacial score (nSPS) is 11.9. The second kappa shape index (κ2) is 6.44. The lowest BCUT2D eigenvalue weighted by atomic mass is 10.0. The Kier molecular flexibility index (Phi) is 5.22. The summed E-state index contributed by atoms with van der Waals surface area (Å²) in [5.41, 5.74) is 0.963. The molecule has 0 heterocycles. The fourth-order valence-corrected chi connectivity index (χ4v) is 2.32. The zero-order chi connectivity index (χ0) is 13.7. The van der Waals surface area contributed by atoms with Crippen molar-refractivity contribution in [2.24, 2.45) is 0 Å². The van der Waals surface area contributed by atoms with Gasteiger partial charge in [-0.2, -0.15) is 11.8 Å². The quantitative estimate of drug-likeness (QED) is 0.858. The van der Waals surface area contributed by atoms with E-state index >= 15 is 0 Å². The third kappa shape index (κ3) is 3.50. The molecular formula is C13H17NO3S. The van der Waals surface area contributed by atoms with E-state index in [0.717, 1.165) is 5.75 Å². The predicted molar refractivity (Wildman–Crippen MR) is 73.4 cm³/mol. The van der Waals surface area contributed by atoms with E-state index in [-0.39, 0.29) is 23.1 Å². The van der Waals surface area contributed by atoms with Gasteiger partial charge in [0.15, 0.2) is 0 Å². The molecular weight excluding hydrogens is 250 g/mol. The van der Waals surface area contributed by atoms with Gasteiger partial charge in [-0.15, -0.1) is 0 Å². The molecule has 4 nitrogen and oxygen atoms in total. The van der Waals surface area contributed by atoms with Crippen LogP contribution in [0.25, 0.3) is 0 Å². The second-order valence-electron chi connectivity index (χ2n) is 4.13. The van der Waals surface area contributed by atoms with Crippen LogP contribution in [0.4, 0.5) is 0 Å². The van der Waals surface area contributed by atoms with Crippen LogP contribution in [-0.4, -0.2) is 35.0 Å². The molecule has 0 aliphatic carbocycles. The lowest BCUT2D eigenvalue weighted by Crippen LogP contribution is -2.35. The Morgan fingerprint density at radius 1 is 1.44 bits per heavy atom. The van der Waals surface area contributed by atoms with Gasteiger partial charge in [0.05, 0.1) is 11.1 Å². The van der Waals surface area contributed by atoms with Gasteiger partial charge in [-0.3, -0.25) is 4.79 Å². The molecule has 0 radical (unpaired) electrons. The summed E-state index contributed by atoms with van der Waals surface area (Å²) >= 11 is 1.63. The lowest BCUT2D eigenvalue weighted by Gasteiger charge is -2.15. The molecule has 0 saturated carbocycles. The average Bonchev–Trinajstić information content (AvgIpc) is 2.28. The summed E-state index contributed by atoms with van der Waals surface area (Å²) in [7, 11) is 0. The van der Waals surface area contributed by atoms with Crippen LogP contribution >= 0.6 is 11.8 Å². The summed E-state index contributed by atoms with van der Waals surface area (Å²) in [6.45, 7) is 3.63. The highest BCUT2D eigenvalue weighted by molar-refractivity contribution is 7.98. The van der Waals surface area contributed by atoms with Gasteiger partial charge in [0.1, 0.15) is 0 Å². The van der Waals surface area contributed by atoms with E-state index in [0.29, 0.717) is 5.56 Å². The van der Waals surface area contributed by atoms with Crippen molar-refractivity contribution in [2.75, 3.05) is 12.0 Å². The summed E-state index contributed by atoms with van der Waals surface area (Å²) < 4.78 is 0. The number of amides is 1. The summed E-state index contributed by atoms with van der Waals surface area (Å²) in [4.78, 5) is 23.2. The molecule has 0 unspecified atom stereocenters. The third-order valence-corrected chi connectivity index (χ3v) is 3.36. The number of thioether (sulfide) groups is 1. The molecule has 0 fully saturated rings. The molecule has 0 aliphatic rings.